The van der Waals surface area contributed by atoms with Crippen LogP contribution < -0.4 is 0 Å². The number of ether oxygens (including phenoxy) is 1. The molecule has 1 aliphatic heterocycles. The predicted octanol–water partition coefficient (Wildman–Crippen LogP) is 4.59. The molecule has 1 heterocycles. The van der Waals surface area contributed by atoms with Crippen molar-refractivity contribution in [3.8, 4) is 0 Å². The number of hydrogen-bond donors (Lipinski definition) is 1. The van der Waals surface area contributed by atoms with Gasteiger partial charge in [0.1, 0.15) is 0 Å². The van der Waals surface area contributed by atoms with Crippen LogP contribution in [0.15, 0.2) is 48.6 Å². The van der Waals surface area contributed by atoms with E-state index in [9.17, 15) is 9.59 Å². The molecule has 1 fully saturated rings. The van der Waals surface area contributed by atoms with E-state index in [0.29, 0.717) is 12.0 Å². The summed E-state index contributed by atoms with van der Waals surface area (Å²) >= 11 is 1.17. The Balaban J connectivity index is 1.96. The lowest BCUT2D eigenvalue weighted by Crippen LogP contribution is -2.17. The van der Waals surface area contributed by atoms with E-state index >= 15 is 0 Å². The second-order valence-corrected chi connectivity index (χ2v) is 8.25. The number of esters is 1. The minimum atomic E-state index is -0.951. The summed E-state index contributed by atoms with van der Waals surface area (Å²) in [4.78, 5) is 22.1. The van der Waals surface area contributed by atoms with Crippen LogP contribution in [0.4, 0.5) is 0 Å². The number of carboxylic acid groups (broad SMARTS) is 1. The van der Waals surface area contributed by atoms with E-state index in [2.05, 4.69) is 13.5 Å². The zero-order chi connectivity index (χ0) is 20.2. The van der Waals surface area contributed by atoms with Crippen molar-refractivity contribution < 1.29 is 23.6 Å². The molecule has 0 aliphatic carbocycles. The van der Waals surface area contributed by atoms with Crippen molar-refractivity contribution in [2.45, 2.75) is 57.0 Å². The average molecular weight is 391 g/mol. The number of carbonyl (C=O) groups excluding carboxylic acids is 1. The van der Waals surface area contributed by atoms with Crippen molar-refractivity contribution in [2.24, 2.45) is 0 Å². The molecule has 0 bridgehead atoms. The summed E-state index contributed by atoms with van der Waals surface area (Å²) in [6, 6.07) is 8.11. The highest BCUT2D eigenvalue weighted by atomic mass is 32.2. The summed E-state index contributed by atoms with van der Waals surface area (Å²) in [6.07, 6.45) is 3.27. The van der Waals surface area contributed by atoms with Gasteiger partial charge in [-0.15, -0.1) is 0 Å². The molecule has 0 saturated carbocycles. The van der Waals surface area contributed by atoms with Crippen LogP contribution >= 0.6 is 12.0 Å². The van der Waals surface area contributed by atoms with Crippen molar-refractivity contribution in [1.82, 2.24) is 0 Å². The van der Waals surface area contributed by atoms with Gasteiger partial charge in [0, 0.05) is 41.4 Å². The molecule has 1 aliphatic rings. The molecule has 1 aromatic carbocycles. The molecule has 1 N–H and O–H groups in total. The van der Waals surface area contributed by atoms with Gasteiger partial charge in [0.05, 0.1) is 6.10 Å². The van der Waals surface area contributed by atoms with Crippen molar-refractivity contribution >= 4 is 24.0 Å². The fourth-order valence-corrected chi connectivity index (χ4v) is 3.54. The Bertz CT molecular complexity index is 719. The van der Waals surface area contributed by atoms with Gasteiger partial charge in [-0.1, -0.05) is 57.7 Å². The van der Waals surface area contributed by atoms with Crippen molar-refractivity contribution in [1.29, 1.82) is 0 Å². The van der Waals surface area contributed by atoms with Gasteiger partial charge in [-0.25, -0.2) is 9.59 Å². The zero-order valence-electron chi connectivity index (χ0n) is 16.1. The summed E-state index contributed by atoms with van der Waals surface area (Å²) in [5.41, 5.74) is 1.94. The molecule has 0 spiro atoms. The van der Waals surface area contributed by atoms with Gasteiger partial charge in [-0.3, -0.25) is 0 Å². The van der Waals surface area contributed by atoms with Crippen LogP contribution in [-0.4, -0.2) is 28.6 Å². The molecule has 3 atom stereocenters. The minimum Gasteiger partial charge on any atom is -0.478 e. The van der Waals surface area contributed by atoms with Crippen molar-refractivity contribution in [2.75, 3.05) is 0 Å². The van der Waals surface area contributed by atoms with E-state index < -0.39 is 5.97 Å². The highest BCUT2D eigenvalue weighted by molar-refractivity contribution is 7.95. The lowest BCUT2D eigenvalue weighted by Gasteiger charge is -2.24. The first-order valence-electron chi connectivity index (χ1n) is 8.83. The average Bonchev–Trinajstić information content (AvgIpc) is 2.95. The molecule has 0 aromatic heterocycles. The van der Waals surface area contributed by atoms with Crippen LogP contribution in [0, 0.1) is 0 Å². The lowest BCUT2D eigenvalue weighted by atomic mass is 9.83. The van der Waals surface area contributed by atoms with E-state index in [1.165, 1.54) is 18.1 Å². The smallest absolute Gasteiger partial charge is 0.334 e. The maximum absolute atomic E-state index is 11.4. The normalized spacial score (nSPS) is 19.9. The van der Waals surface area contributed by atoms with Gasteiger partial charge >= 0.3 is 11.9 Å². The maximum Gasteiger partial charge on any atom is 0.334 e. The zero-order valence-corrected chi connectivity index (χ0v) is 16.9. The number of hydrogen-bond acceptors (Lipinski definition) is 5. The van der Waals surface area contributed by atoms with Crippen LogP contribution in [0.5, 0.6) is 0 Å². The SMILES string of the molecule is C=C1CC(SOC(C)C(C)c2ccc(C(C)(C)/C=C/C(=O)O)cc2)OC1=O. The van der Waals surface area contributed by atoms with Gasteiger partial charge in [-0.2, -0.15) is 0 Å². The standard InChI is InChI=1S/C21H26O5S/c1-13-12-19(25-20(13)24)27-26-15(3)14(2)16-6-8-17(9-7-16)21(4,5)11-10-18(22)23/h6-11,14-15,19H,1,12H2,2-5H3,(H,22,23)/b11-10+. The fraction of sp³-hybridized carbons (Fsp3) is 0.429. The molecule has 5 nitrogen and oxygen atoms in total. The number of carbonyl (C=O) groups is 2. The summed E-state index contributed by atoms with van der Waals surface area (Å²) < 4.78 is 11.0. The molecule has 1 saturated heterocycles. The topological polar surface area (TPSA) is 72.8 Å². The highest BCUT2D eigenvalue weighted by Crippen LogP contribution is 2.33. The van der Waals surface area contributed by atoms with Crippen LogP contribution in [-0.2, 0) is 23.9 Å². The highest BCUT2D eigenvalue weighted by Gasteiger charge is 2.29. The third-order valence-electron chi connectivity index (χ3n) is 4.78. The molecule has 0 amide bonds. The van der Waals surface area contributed by atoms with Crippen molar-refractivity contribution in [3.63, 3.8) is 0 Å². The van der Waals surface area contributed by atoms with E-state index in [0.717, 1.165) is 11.1 Å². The summed E-state index contributed by atoms with van der Waals surface area (Å²) in [7, 11) is 0. The number of rotatable bonds is 8. The van der Waals surface area contributed by atoms with Crippen molar-refractivity contribution in [3.05, 3.63) is 59.7 Å². The predicted molar refractivity (Wildman–Crippen MR) is 106 cm³/mol. The third-order valence-corrected chi connectivity index (χ3v) is 5.67. The largest absolute Gasteiger partial charge is 0.478 e. The monoisotopic (exact) mass is 390 g/mol. The van der Waals surface area contributed by atoms with Gasteiger partial charge in [0.25, 0.3) is 0 Å². The Morgan fingerprint density at radius 2 is 2.00 bits per heavy atom. The van der Waals surface area contributed by atoms with Gasteiger partial charge in [-0.05, 0) is 18.1 Å². The van der Waals surface area contributed by atoms with Gasteiger partial charge in [0.2, 0.25) is 0 Å². The Hall–Kier alpha value is -2.05. The molecule has 1 aromatic rings. The molecule has 2 rings (SSSR count). The number of carboxylic acids is 1. The number of aliphatic carboxylic acids is 1. The second-order valence-electron chi connectivity index (χ2n) is 7.34. The number of benzene rings is 1. The molecular weight excluding hydrogens is 364 g/mol. The van der Waals surface area contributed by atoms with Gasteiger partial charge in [0.15, 0.2) is 5.44 Å². The van der Waals surface area contributed by atoms with E-state index in [4.69, 9.17) is 14.0 Å². The van der Waals surface area contributed by atoms with Crippen LogP contribution in [0.1, 0.15) is 51.2 Å². The maximum atomic E-state index is 11.4. The lowest BCUT2D eigenvalue weighted by molar-refractivity contribution is -0.136. The number of allylic oxidation sites excluding steroid dienone is 1. The Morgan fingerprint density at radius 1 is 1.37 bits per heavy atom. The first kappa shape index (κ1) is 21.3. The summed E-state index contributed by atoms with van der Waals surface area (Å²) in [5.74, 6) is -1.16. The molecule has 146 valence electrons. The van der Waals surface area contributed by atoms with E-state index in [-0.39, 0.29) is 28.8 Å². The first-order valence-corrected chi connectivity index (χ1v) is 9.64. The minimum absolute atomic E-state index is 0.0756. The molecule has 6 heteroatoms. The molecule has 3 unspecified atom stereocenters. The third kappa shape index (κ3) is 5.71. The van der Waals surface area contributed by atoms with E-state index in [1.54, 1.807) is 6.08 Å². The molecule has 0 radical (unpaired) electrons. The summed E-state index contributed by atoms with van der Waals surface area (Å²) in [5, 5.41) is 8.82. The van der Waals surface area contributed by atoms with Gasteiger partial charge < -0.3 is 14.0 Å². The Labute approximate surface area is 164 Å². The van der Waals surface area contributed by atoms with Crippen LogP contribution in [0.2, 0.25) is 0 Å². The fourth-order valence-electron chi connectivity index (χ4n) is 2.68. The van der Waals surface area contributed by atoms with E-state index in [1.807, 2.05) is 45.0 Å². The quantitative estimate of drug-likeness (QED) is 0.398. The Kier molecular flexibility index (Phi) is 6.89. The second kappa shape index (κ2) is 8.76. The first-order chi connectivity index (χ1) is 12.6. The molecule has 27 heavy (non-hydrogen) atoms. The Morgan fingerprint density at radius 3 is 2.52 bits per heavy atom. The molecular formula is C21H26O5S. The van der Waals surface area contributed by atoms with Crippen LogP contribution in [0.3, 0.4) is 0 Å². The summed E-state index contributed by atoms with van der Waals surface area (Å²) in [6.45, 7) is 11.7. The van der Waals surface area contributed by atoms with Crippen LogP contribution in [0.25, 0.3) is 0 Å². The number of cyclic esters (lactones) is 1.